The highest BCUT2D eigenvalue weighted by atomic mass is 35.5. The van der Waals surface area contributed by atoms with Gasteiger partial charge in [-0.2, -0.15) is 0 Å². The van der Waals surface area contributed by atoms with Gasteiger partial charge in [-0.25, -0.2) is 4.79 Å². The van der Waals surface area contributed by atoms with Crippen LogP contribution in [0.1, 0.15) is 38.7 Å². The highest BCUT2D eigenvalue weighted by molar-refractivity contribution is 6.34. The van der Waals surface area contributed by atoms with Crippen molar-refractivity contribution in [2.75, 3.05) is 67.5 Å². The molecule has 3 heterocycles. The molecular weight excluding hydrogens is 546 g/mol. The molecule has 0 spiro atoms. The number of nitrogens with one attached hydrogen (secondary N) is 2. The molecule has 1 aromatic heterocycles. The van der Waals surface area contributed by atoms with Crippen molar-refractivity contribution in [1.29, 1.82) is 0 Å². The Kier molecular flexibility index (Phi) is 8.68. The molecule has 0 atom stereocenters. The van der Waals surface area contributed by atoms with Gasteiger partial charge in [-0.05, 0) is 56.2 Å². The van der Waals surface area contributed by atoms with Crippen LogP contribution in [-0.4, -0.2) is 75.2 Å². The van der Waals surface area contributed by atoms with Gasteiger partial charge in [0.25, 0.3) is 11.8 Å². The summed E-state index contributed by atoms with van der Waals surface area (Å²) in [5, 5.41) is 6.09. The summed E-state index contributed by atoms with van der Waals surface area (Å²) in [4.78, 5) is 43.9. The zero-order chi connectivity index (χ0) is 28.9. The molecule has 3 aromatic rings. The summed E-state index contributed by atoms with van der Waals surface area (Å²) in [6, 6.07) is 15.0. The Morgan fingerprint density at radius 1 is 0.927 bits per heavy atom. The first-order valence-electron chi connectivity index (χ1n) is 13.8. The summed E-state index contributed by atoms with van der Waals surface area (Å²) in [5.41, 5.74) is 3.89. The summed E-state index contributed by atoms with van der Waals surface area (Å²) < 4.78 is 10.5. The topological polar surface area (TPSA) is 107 Å². The van der Waals surface area contributed by atoms with E-state index < -0.39 is 5.91 Å². The Labute approximate surface area is 244 Å². The molecule has 11 heteroatoms. The van der Waals surface area contributed by atoms with Crippen molar-refractivity contribution in [1.82, 2.24) is 10.2 Å². The van der Waals surface area contributed by atoms with E-state index >= 15 is 0 Å². The van der Waals surface area contributed by atoms with Crippen molar-refractivity contribution in [3.8, 4) is 0 Å². The summed E-state index contributed by atoms with van der Waals surface area (Å²) >= 11 is 6.65. The lowest BCUT2D eigenvalue weighted by Crippen LogP contribution is -2.47. The lowest BCUT2D eigenvalue weighted by Gasteiger charge is -2.38. The second-order valence-electron chi connectivity index (χ2n) is 10.2. The summed E-state index contributed by atoms with van der Waals surface area (Å²) in [6.45, 7) is 8.66. The second-order valence-corrected chi connectivity index (χ2v) is 10.6. The molecule has 2 N–H and O–H groups in total. The van der Waals surface area contributed by atoms with Crippen LogP contribution in [0.15, 0.2) is 52.9 Å². The van der Waals surface area contributed by atoms with Crippen molar-refractivity contribution in [2.24, 2.45) is 0 Å². The quantitative estimate of drug-likeness (QED) is 0.354. The van der Waals surface area contributed by atoms with Gasteiger partial charge in [0.2, 0.25) is 0 Å². The molecule has 2 saturated heterocycles. The number of rotatable bonds is 9. The van der Waals surface area contributed by atoms with Crippen LogP contribution in [-0.2, 0) is 4.74 Å². The zero-order valence-electron chi connectivity index (χ0n) is 23.2. The Bertz CT molecular complexity index is 1430. The predicted octanol–water partition coefficient (Wildman–Crippen LogP) is 4.70. The van der Waals surface area contributed by atoms with E-state index in [0.717, 1.165) is 18.8 Å². The fraction of sp³-hybridized carbons (Fsp3) is 0.367. The third-order valence-corrected chi connectivity index (χ3v) is 7.67. The monoisotopic (exact) mass is 579 g/mol. The van der Waals surface area contributed by atoms with Crippen molar-refractivity contribution in [3.05, 3.63) is 76.2 Å². The van der Waals surface area contributed by atoms with Gasteiger partial charge >= 0.3 is 6.09 Å². The van der Waals surface area contributed by atoms with E-state index in [1.165, 1.54) is 11.3 Å². The number of benzene rings is 2. The maximum Gasteiger partial charge on any atom is 0.409 e. The number of cyclic esters (lactones) is 1. The predicted molar refractivity (Wildman–Crippen MR) is 158 cm³/mol. The van der Waals surface area contributed by atoms with Gasteiger partial charge < -0.3 is 34.5 Å². The van der Waals surface area contributed by atoms with Gasteiger partial charge in [-0.1, -0.05) is 29.8 Å². The van der Waals surface area contributed by atoms with Crippen LogP contribution in [0, 0.1) is 13.8 Å². The van der Waals surface area contributed by atoms with E-state index in [1.807, 2.05) is 12.1 Å². The van der Waals surface area contributed by atoms with Gasteiger partial charge in [-0.3, -0.25) is 9.59 Å². The van der Waals surface area contributed by atoms with Gasteiger partial charge in [0.1, 0.15) is 12.4 Å². The first kappa shape index (κ1) is 28.4. The van der Waals surface area contributed by atoms with Gasteiger partial charge in [0.15, 0.2) is 5.76 Å². The third kappa shape index (κ3) is 6.59. The number of ether oxygens (including phenoxy) is 1. The molecule has 0 radical (unpaired) electrons. The lowest BCUT2D eigenvalue weighted by molar-refractivity contribution is 0.0950. The number of nitrogens with zero attached hydrogens (tertiary/aromatic N) is 3. The molecule has 216 valence electrons. The maximum absolute atomic E-state index is 13.1. The normalized spacial score (nSPS) is 15.2. The number of aryl methyl sites for hydroxylation is 2. The van der Waals surface area contributed by atoms with E-state index in [1.54, 1.807) is 36.1 Å². The molecule has 3 amide bonds. The Morgan fingerprint density at radius 3 is 2.32 bits per heavy atom. The summed E-state index contributed by atoms with van der Waals surface area (Å²) in [6.07, 6.45) is 0.241. The minimum atomic E-state index is -0.413. The van der Waals surface area contributed by atoms with E-state index in [4.69, 9.17) is 20.8 Å². The number of piperazine rings is 1. The molecule has 2 fully saturated rings. The number of hydrogen-bond donors (Lipinski definition) is 2. The maximum atomic E-state index is 13.1. The highest BCUT2D eigenvalue weighted by Crippen LogP contribution is 2.34. The number of carbonyl (C=O) groups excluding carboxylic acids is 3. The van der Waals surface area contributed by atoms with E-state index in [2.05, 4.69) is 39.5 Å². The summed E-state index contributed by atoms with van der Waals surface area (Å²) in [5.74, 6) is 0.0311. The SMILES string of the molecule is Cc1ccc(C(=O)Nc2cc(C(=O)NCCCN3CCOC3=O)c(Cl)cc2N2CCN(c3ccccc3C)CC2)o1. The number of hydrogen-bond acceptors (Lipinski definition) is 7. The van der Waals surface area contributed by atoms with Crippen LogP contribution < -0.4 is 20.4 Å². The molecule has 10 nitrogen and oxygen atoms in total. The van der Waals surface area contributed by atoms with Crippen molar-refractivity contribution in [2.45, 2.75) is 20.3 Å². The minimum absolute atomic E-state index is 0.180. The third-order valence-electron chi connectivity index (χ3n) is 7.35. The van der Waals surface area contributed by atoms with E-state index in [0.29, 0.717) is 57.2 Å². The molecule has 0 bridgehead atoms. The molecule has 0 unspecified atom stereocenters. The average Bonchev–Trinajstić information content (AvgIpc) is 3.59. The number of anilines is 3. The first-order valence-corrected chi connectivity index (χ1v) is 14.1. The Morgan fingerprint density at radius 2 is 1.66 bits per heavy atom. The fourth-order valence-electron chi connectivity index (χ4n) is 5.14. The molecule has 41 heavy (non-hydrogen) atoms. The van der Waals surface area contributed by atoms with Crippen molar-refractivity contribution >= 4 is 46.6 Å². The number of para-hydroxylation sites is 1. The summed E-state index contributed by atoms with van der Waals surface area (Å²) in [7, 11) is 0. The number of halogens is 1. The van der Waals surface area contributed by atoms with Crippen LogP contribution in [0.3, 0.4) is 0 Å². The zero-order valence-corrected chi connectivity index (χ0v) is 24.0. The minimum Gasteiger partial charge on any atom is -0.456 e. The molecule has 5 rings (SSSR count). The van der Waals surface area contributed by atoms with Crippen molar-refractivity contribution in [3.63, 3.8) is 0 Å². The number of furan rings is 1. The molecular formula is C30H34ClN5O5. The van der Waals surface area contributed by atoms with Crippen LogP contribution in [0.5, 0.6) is 0 Å². The first-order chi connectivity index (χ1) is 19.8. The number of amides is 3. The molecule has 2 aliphatic rings. The Hall–Kier alpha value is -4.18. The van der Waals surface area contributed by atoms with Crippen LogP contribution in [0.2, 0.25) is 5.02 Å². The Balaban J connectivity index is 1.32. The fourth-order valence-corrected chi connectivity index (χ4v) is 5.39. The van der Waals surface area contributed by atoms with Gasteiger partial charge in [0, 0.05) is 45.0 Å². The molecule has 2 aromatic carbocycles. The van der Waals surface area contributed by atoms with Crippen LogP contribution in [0.4, 0.5) is 21.9 Å². The van der Waals surface area contributed by atoms with Crippen molar-refractivity contribution < 1.29 is 23.5 Å². The van der Waals surface area contributed by atoms with Crippen LogP contribution >= 0.6 is 11.6 Å². The largest absolute Gasteiger partial charge is 0.456 e. The van der Waals surface area contributed by atoms with E-state index in [-0.39, 0.29) is 28.3 Å². The average molecular weight is 580 g/mol. The highest BCUT2D eigenvalue weighted by Gasteiger charge is 2.25. The molecule has 2 aliphatic heterocycles. The smallest absolute Gasteiger partial charge is 0.409 e. The molecule has 0 aliphatic carbocycles. The lowest BCUT2D eigenvalue weighted by atomic mass is 10.1. The standard InChI is InChI=1S/C30H34ClN5O5/c1-20-6-3-4-7-25(20)34-12-14-35(15-13-34)26-19-23(31)22(18-24(26)33-29(38)27-9-8-21(2)41-27)28(37)32-10-5-11-36-16-17-40-30(36)39/h3-4,6-9,18-19H,5,10-17H2,1-2H3,(H,32,37)(H,33,38). The van der Waals surface area contributed by atoms with Crippen LogP contribution in [0.25, 0.3) is 0 Å². The molecule has 0 saturated carbocycles. The van der Waals surface area contributed by atoms with Gasteiger partial charge in [0.05, 0.1) is 28.5 Å². The van der Waals surface area contributed by atoms with E-state index in [9.17, 15) is 14.4 Å². The van der Waals surface area contributed by atoms with Gasteiger partial charge in [-0.15, -0.1) is 0 Å². The number of carbonyl (C=O) groups is 3. The second kappa shape index (κ2) is 12.6.